The molecule has 0 spiro atoms. The molecule has 1 fully saturated rings. The highest BCUT2D eigenvalue weighted by Gasteiger charge is 2.60. The molecule has 1 heterocycles. The Balaban J connectivity index is 2.51. The van der Waals surface area contributed by atoms with E-state index in [-0.39, 0.29) is 6.10 Å². The summed E-state index contributed by atoms with van der Waals surface area (Å²) in [5.41, 5.74) is 6.44. The lowest BCUT2D eigenvalue weighted by molar-refractivity contribution is 0.328. The first-order valence-corrected chi connectivity index (χ1v) is 10.8. The third-order valence-electron chi connectivity index (χ3n) is 4.15. The molecule has 2 rings (SSSR count). The van der Waals surface area contributed by atoms with Crippen LogP contribution in [-0.4, -0.2) is 29.9 Å². The smallest absolute Gasteiger partial charge is 0.184 e. The summed E-state index contributed by atoms with van der Waals surface area (Å²) >= 11 is 20.4. The molecule has 0 radical (unpaired) electrons. The van der Waals surface area contributed by atoms with Crippen molar-refractivity contribution in [3.05, 3.63) is 56.6 Å². The van der Waals surface area contributed by atoms with E-state index in [2.05, 4.69) is 9.98 Å². The molecule has 0 aliphatic carbocycles. The molecule has 1 aromatic carbocycles. The van der Waals surface area contributed by atoms with Crippen molar-refractivity contribution in [3.8, 4) is 0 Å². The zero-order valence-corrected chi connectivity index (χ0v) is 18.5. The van der Waals surface area contributed by atoms with Gasteiger partial charge in [-0.25, -0.2) is 4.99 Å². The van der Waals surface area contributed by atoms with Gasteiger partial charge in [0.1, 0.15) is 11.7 Å². The van der Waals surface area contributed by atoms with E-state index in [1.807, 2.05) is 38.3 Å². The van der Waals surface area contributed by atoms with Crippen molar-refractivity contribution >= 4 is 58.1 Å². The van der Waals surface area contributed by atoms with Gasteiger partial charge in [0.15, 0.2) is 5.17 Å². The summed E-state index contributed by atoms with van der Waals surface area (Å²) in [6.07, 6.45) is 7.44. The van der Waals surface area contributed by atoms with E-state index >= 15 is 0 Å². The first-order valence-electron chi connectivity index (χ1n) is 8.40. The molecule has 0 saturated carbocycles. The number of nitrogens with zero attached hydrogens (tertiary/aromatic N) is 2. The Morgan fingerprint density at radius 2 is 2.15 bits per heavy atom. The van der Waals surface area contributed by atoms with Crippen molar-refractivity contribution in [1.29, 1.82) is 0 Å². The second kappa shape index (κ2) is 9.99. The van der Waals surface area contributed by atoms with E-state index in [1.165, 1.54) is 18.1 Å². The van der Waals surface area contributed by atoms with Crippen molar-refractivity contribution in [2.24, 2.45) is 15.7 Å². The van der Waals surface area contributed by atoms with Crippen LogP contribution < -0.4 is 5.73 Å². The van der Waals surface area contributed by atoms with E-state index in [0.717, 1.165) is 16.2 Å². The first-order chi connectivity index (χ1) is 12.9. The Kier molecular flexibility index (Phi) is 8.25. The number of rotatable bonds is 6. The number of thioether (sulfide) groups is 1. The molecule has 1 saturated heterocycles. The fourth-order valence-electron chi connectivity index (χ4n) is 2.84. The van der Waals surface area contributed by atoms with Gasteiger partial charge in [-0.3, -0.25) is 4.99 Å². The number of benzene rings is 1. The van der Waals surface area contributed by atoms with Crippen LogP contribution in [0.3, 0.4) is 0 Å². The van der Waals surface area contributed by atoms with Crippen molar-refractivity contribution in [2.75, 3.05) is 12.8 Å². The number of ether oxygens (including phenoxy) is 1. The monoisotopic (exact) mass is 445 g/mol. The number of epoxide rings is 1. The van der Waals surface area contributed by atoms with Crippen molar-refractivity contribution in [3.63, 3.8) is 0 Å². The summed E-state index contributed by atoms with van der Waals surface area (Å²) in [5, 5.41) is 2.42. The molecule has 0 unspecified atom stereocenters. The maximum atomic E-state index is 6.55. The Labute approximate surface area is 179 Å². The summed E-state index contributed by atoms with van der Waals surface area (Å²) in [4.78, 5) is 8.66. The zero-order chi connectivity index (χ0) is 20.0. The maximum absolute atomic E-state index is 6.55. The fraction of sp³-hybridized carbons (Fsp3) is 0.368. The number of aliphatic imine (C=N–C) groups is 2. The van der Waals surface area contributed by atoms with Crippen LogP contribution in [0.4, 0.5) is 0 Å². The number of nitrogens with two attached hydrogens (primary N) is 1. The van der Waals surface area contributed by atoms with Crippen molar-refractivity contribution in [1.82, 2.24) is 0 Å². The Bertz CT molecular complexity index is 807. The lowest BCUT2D eigenvalue weighted by Crippen LogP contribution is -2.21. The van der Waals surface area contributed by atoms with E-state index in [9.17, 15) is 0 Å². The van der Waals surface area contributed by atoms with Gasteiger partial charge in [-0.2, -0.15) is 0 Å². The minimum Gasteiger partial charge on any atom is -0.390 e. The lowest BCUT2D eigenvalue weighted by atomic mass is 9.90. The van der Waals surface area contributed by atoms with Crippen LogP contribution in [0.2, 0.25) is 10.0 Å². The van der Waals surface area contributed by atoms with Gasteiger partial charge < -0.3 is 10.5 Å². The summed E-state index contributed by atoms with van der Waals surface area (Å²) in [6, 6.07) is 5.38. The van der Waals surface area contributed by atoms with Crippen LogP contribution in [0.15, 0.2) is 50.9 Å². The van der Waals surface area contributed by atoms with Crippen LogP contribution >= 0.6 is 46.6 Å². The predicted octanol–water partition coefficient (Wildman–Crippen LogP) is 5.99. The molecule has 2 atom stereocenters. The Morgan fingerprint density at radius 3 is 2.70 bits per heavy atom. The highest BCUT2D eigenvalue weighted by Crippen LogP contribution is 2.57. The zero-order valence-electron chi connectivity index (χ0n) is 15.4. The van der Waals surface area contributed by atoms with Gasteiger partial charge in [0.25, 0.3) is 0 Å². The average Bonchev–Trinajstić information content (AvgIpc) is 3.37. The topological polar surface area (TPSA) is 63.3 Å². The average molecular weight is 447 g/mol. The van der Waals surface area contributed by atoms with Crippen molar-refractivity contribution < 1.29 is 4.74 Å². The molecule has 2 N–H and O–H groups in total. The van der Waals surface area contributed by atoms with E-state index in [1.54, 1.807) is 12.1 Å². The second-order valence-electron chi connectivity index (χ2n) is 5.81. The molecule has 8 heteroatoms. The van der Waals surface area contributed by atoms with Crippen LogP contribution in [0.5, 0.6) is 0 Å². The standard InChI is InChI=1S/C19H22Cl3N3OS/c1-4-6-14(15(21)5-2)19(10-24-18(27-3)25-11-23)17(26-19)13-8-7-12(20)9-16(13)22/h4,6-9,11,17H,5,10H2,1-3H3,(H2,23,24,25)/b6-4-,15-14-/t17-,19-/m1/s1. The third kappa shape index (κ3) is 5.09. The minimum atomic E-state index is -0.706. The van der Waals surface area contributed by atoms with Gasteiger partial charge >= 0.3 is 0 Å². The summed E-state index contributed by atoms with van der Waals surface area (Å²) in [7, 11) is 0. The minimum absolute atomic E-state index is 0.275. The van der Waals surface area contributed by atoms with Crippen molar-refractivity contribution in [2.45, 2.75) is 32.0 Å². The number of halogens is 3. The number of hydrogen-bond acceptors (Lipinski definition) is 3. The number of amidine groups is 1. The molecule has 0 bridgehead atoms. The third-order valence-corrected chi connectivity index (χ3v) is 5.78. The van der Waals surface area contributed by atoms with Gasteiger partial charge in [-0.1, -0.05) is 71.7 Å². The first kappa shape index (κ1) is 22.3. The van der Waals surface area contributed by atoms with Gasteiger partial charge in [-0.05, 0) is 31.7 Å². The molecule has 4 nitrogen and oxygen atoms in total. The maximum Gasteiger partial charge on any atom is 0.184 e. The van der Waals surface area contributed by atoms with Crippen LogP contribution in [0.25, 0.3) is 0 Å². The molecule has 1 aliphatic rings. The van der Waals surface area contributed by atoms with E-state index in [0.29, 0.717) is 28.2 Å². The largest absolute Gasteiger partial charge is 0.390 e. The molecule has 1 aromatic rings. The molecule has 1 aliphatic heterocycles. The lowest BCUT2D eigenvalue weighted by Gasteiger charge is -2.15. The van der Waals surface area contributed by atoms with E-state index < -0.39 is 5.60 Å². The normalized spacial score (nSPS) is 23.9. The van der Waals surface area contributed by atoms with Gasteiger partial charge in [0.2, 0.25) is 0 Å². The second-order valence-corrected chi connectivity index (χ2v) is 7.88. The van der Waals surface area contributed by atoms with Gasteiger partial charge in [0.05, 0.1) is 12.9 Å². The highest BCUT2D eigenvalue weighted by atomic mass is 35.5. The van der Waals surface area contributed by atoms with Crippen LogP contribution in [-0.2, 0) is 4.74 Å². The molecule has 0 amide bonds. The fourth-order valence-corrected chi connectivity index (χ4v) is 3.93. The predicted molar refractivity (Wildman–Crippen MR) is 119 cm³/mol. The van der Waals surface area contributed by atoms with Crippen LogP contribution in [0, 0.1) is 0 Å². The van der Waals surface area contributed by atoms with Crippen LogP contribution in [0.1, 0.15) is 31.9 Å². The molecular formula is C19H22Cl3N3OS. The summed E-state index contributed by atoms with van der Waals surface area (Å²) < 4.78 is 6.20. The number of allylic oxidation sites excluding steroid dienone is 2. The van der Waals surface area contributed by atoms with Gasteiger partial charge in [-0.15, -0.1) is 0 Å². The Morgan fingerprint density at radius 1 is 1.41 bits per heavy atom. The summed E-state index contributed by atoms with van der Waals surface area (Å²) in [5.74, 6) is 0. The molecular weight excluding hydrogens is 425 g/mol. The quantitative estimate of drug-likeness (QED) is 0.253. The molecule has 0 aromatic heterocycles. The summed E-state index contributed by atoms with van der Waals surface area (Å²) in [6.45, 7) is 4.29. The highest BCUT2D eigenvalue weighted by molar-refractivity contribution is 8.13. The SMILES string of the molecule is C/C=C\C(=C(\Cl)CC)[C@@]1(CN=C(/N=C\N)SC)O[C@@H]1c1ccc(Cl)cc1Cl. The number of hydrogen-bond donors (Lipinski definition) is 1. The Hall–Kier alpha value is -0.980. The molecule has 146 valence electrons. The molecule has 27 heavy (non-hydrogen) atoms. The van der Waals surface area contributed by atoms with Gasteiger partial charge in [0, 0.05) is 26.2 Å². The van der Waals surface area contributed by atoms with E-state index in [4.69, 9.17) is 45.3 Å².